The lowest BCUT2D eigenvalue weighted by molar-refractivity contribution is -0.385. The van der Waals surface area contributed by atoms with Gasteiger partial charge in [0.2, 0.25) is 5.75 Å². The molecule has 4 rings (SSSR count). The molecule has 1 aliphatic heterocycles. The number of phenolic OH excluding ortho intramolecular Hbond substituents is 1. The van der Waals surface area contributed by atoms with Crippen LogP contribution in [0.5, 0.6) is 5.75 Å². The fourth-order valence-corrected chi connectivity index (χ4v) is 4.26. The van der Waals surface area contributed by atoms with Crippen LogP contribution in [0, 0.1) is 15.9 Å². The van der Waals surface area contributed by atoms with Gasteiger partial charge in [0.05, 0.1) is 16.4 Å². The largest absolute Gasteiger partial charge is 0.502 e. The summed E-state index contributed by atoms with van der Waals surface area (Å²) in [6.45, 7) is -0.0392. The van der Waals surface area contributed by atoms with E-state index in [-0.39, 0.29) is 17.0 Å². The molecule has 7 nitrogen and oxygen atoms in total. The van der Waals surface area contributed by atoms with Crippen molar-refractivity contribution in [1.29, 1.82) is 0 Å². The number of thioether (sulfide) groups is 1. The number of nitro benzene ring substituents is 1. The van der Waals surface area contributed by atoms with Gasteiger partial charge in [-0.15, -0.1) is 0 Å². The third kappa shape index (κ3) is 4.93. The number of hydrogen-bond acceptors (Lipinski definition) is 6. The fourth-order valence-electron chi connectivity index (χ4n) is 3.43. The van der Waals surface area contributed by atoms with E-state index in [1.165, 1.54) is 36.4 Å². The Morgan fingerprint density at radius 3 is 2.36 bits per heavy atom. The number of hydrogen-bond donors (Lipinski definition) is 1. The average molecular weight is 464 g/mol. The number of nitro groups is 1. The van der Waals surface area contributed by atoms with E-state index in [1.54, 1.807) is 6.07 Å². The minimum Gasteiger partial charge on any atom is -0.502 e. The Labute approximate surface area is 192 Å². The lowest BCUT2D eigenvalue weighted by Gasteiger charge is -2.12. The van der Waals surface area contributed by atoms with Crippen molar-refractivity contribution in [2.45, 2.75) is 13.0 Å². The highest BCUT2D eigenvalue weighted by Gasteiger charge is 2.35. The first-order valence-electron chi connectivity index (χ1n) is 9.86. The monoisotopic (exact) mass is 464 g/mol. The number of rotatable bonds is 6. The summed E-state index contributed by atoms with van der Waals surface area (Å²) in [5.74, 6) is -1.60. The van der Waals surface area contributed by atoms with E-state index in [2.05, 4.69) is 0 Å². The van der Waals surface area contributed by atoms with Crippen molar-refractivity contribution in [1.82, 2.24) is 4.90 Å². The van der Waals surface area contributed by atoms with Crippen LogP contribution in [0.15, 0.2) is 71.6 Å². The molecule has 3 aromatic rings. The highest BCUT2D eigenvalue weighted by Crippen LogP contribution is 2.38. The molecular formula is C24H17FN2O5S. The summed E-state index contributed by atoms with van der Waals surface area (Å²) in [7, 11) is 0. The van der Waals surface area contributed by atoms with Gasteiger partial charge in [0, 0.05) is 11.6 Å². The van der Waals surface area contributed by atoms with Crippen LogP contribution >= 0.6 is 11.8 Å². The number of phenols is 1. The second kappa shape index (κ2) is 9.25. The van der Waals surface area contributed by atoms with Crippen LogP contribution in [0.2, 0.25) is 0 Å². The van der Waals surface area contributed by atoms with Crippen LogP contribution in [-0.4, -0.2) is 26.1 Å². The van der Waals surface area contributed by atoms with E-state index in [9.17, 15) is 29.2 Å². The Kier molecular flexibility index (Phi) is 6.23. The Bertz CT molecular complexity index is 1280. The minimum absolute atomic E-state index is 0.0311. The topological polar surface area (TPSA) is 101 Å². The van der Waals surface area contributed by atoms with Gasteiger partial charge in [0.25, 0.3) is 11.1 Å². The van der Waals surface area contributed by atoms with E-state index in [1.807, 2.05) is 30.3 Å². The summed E-state index contributed by atoms with van der Waals surface area (Å²) in [4.78, 5) is 37.0. The summed E-state index contributed by atoms with van der Waals surface area (Å²) in [6, 6.07) is 17.6. The molecule has 1 saturated heterocycles. The van der Waals surface area contributed by atoms with Crippen LogP contribution in [0.3, 0.4) is 0 Å². The van der Waals surface area contributed by atoms with Crippen molar-refractivity contribution in [2.75, 3.05) is 0 Å². The average Bonchev–Trinajstić information content (AvgIpc) is 3.05. The molecule has 0 saturated carbocycles. The third-order valence-corrected chi connectivity index (χ3v) is 5.95. The Hall–Kier alpha value is -3.98. The molecule has 166 valence electrons. The smallest absolute Gasteiger partial charge is 0.311 e. The molecular weight excluding hydrogens is 447 g/mol. The normalized spacial score (nSPS) is 14.8. The minimum atomic E-state index is -0.693. The van der Waals surface area contributed by atoms with Crippen LogP contribution in [-0.2, 0) is 17.8 Å². The number of amides is 2. The molecule has 2 amide bonds. The molecule has 1 aliphatic rings. The number of aromatic hydroxyl groups is 1. The number of carbonyl (C=O) groups excluding carboxylic acids is 2. The van der Waals surface area contributed by atoms with Gasteiger partial charge in [-0.1, -0.05) is 42.5 Å². The van der Waals surface area contributed by atoms with Gasteiger partial charge in [0.15, 0.2) is 0 Å². The van der Waals surface area contributed by atoms with Crippen molar-refractivity contribution < 1.29 is 24.0 Å². The first-order chi connectivity index (χ1) is 15.8. The van der Waals surface area contributed by atoms with E-state index in [4.69, 9.17) is 0 Å². The van der Waals surface area contributed by atoms with Gasteiger partial charge >= 0.3 is 5.69 Å². The fraction of sp³-hybridized carbons (Fsp3) is 0.0833. The first-order valence-corrected chi connectivity index (χ1v) is 10.7. The quantitative estimate of drug-likeness (QED) is 0.303. The van der Waals surface area contributed by atoms with Crippen LogP contribution in [0.25, 0.3) is 6.08 Å². The maximum Gasteiger partial charge on any atom is 0.311 e. The molecule has 0 spiro atoms. The molecule has 9 heteroatoms. The number of imide groups is 1. The number of nitrogens with zero attached hydrogens (tertiary/aromatic N) is 2. The zero-order chi connectivity index (χ0) is 23.5. The summed E-state index contributed by atoms with van der Waals surface area (Å²) in [6.07, 6.45) is 1.67. The van der Waals surface area contributed by atoms with Gasteiger partial charge in [-0.05, 0) is 59.1 Å². The molecule has 0 unspecified atom stereocenters. The predicted molar refractivity (Wildman–Crippen MR) is 122 cm³/mol. The Morgan fingerprint density at radius 2 is 1.70 bits per heavy atom. The molecule has 0 radical (unpaired) electrons. The standard InChI is InChI=1S/C24H17FN2O5S/c25-19-8-6-16(7-9-19)14-26-23(29)21(33-24(26)30)13-18-11-17(10-15-4-2-1-3-5-15)12-20(22(18)28)27(31)32/h1-9,11-13,28H,10,14H2/b21-13-. The summed E-state index contributed by atoms with van der Waals surface area (Å²) < 4.78 is 13.1. The molecule has 0 bridgehead atoms. The first kappa shape index (κ1) is 22.2. The maximum atomic E-state index is 13.1. The summed E-state index contributed by atoms with van der Waals surface area (Å²) in [5, 5.41) is 21.4. The molecule has 1 heterocycles. The van der Waals surface area contributed by atoms with Crippen LogP contribution in [0.4, 0.5) is 14.9 Å². The zero-order valence-electron chi connectivity index (χ0n) is 17.1. The molecule has 0 aromatic heterocycles. The Morgan fingerprint density at radius 1 is 1.00 bits per heavy atom. The number of carbonyl (C=O) groups is 2. The molecule has 1 fully saturated rings. The van der Waals surface area contributed by atoms with E-state index in [0.29, 0.717) is 29.3 Å². The van der Waals surface area contributed by atoms with Crippen molar-refractivity contribution >= 4 is 34.7 Å². The maximum absolute atomic E-state index is 13.1. The molecule has 3 aromatic carbocycles. The van der Waals surface area contributed by atoms with Gasteiger partial charge in [0.1, 0.15) is 5.82 Å². The van der Waals surface area contributed by atoms with Crippen LogP contribution in [0.1, 0.15) is 22.3 Å². The van der Waals surface area contributed by atoms with Gasteiger partial charge in [-0.2, -0.15) is 0 Å². The summed E-state index contributed by atoms with van der Waals surface area (Å²) in [5.41, 5.74) is 1.65. The van der Waals surface area contributed by atoms with Gasteiger partial charge in [-0.3, -0.25) is 24.6 Å². The van der Waals surface area contributed by atoms with Crippen molar-refractivity contribution in [3.63, 3.8) is 0 Å². The zero-order valence-corrected chi connectivity index (χ0v) is 17.9. The number of benzene rings is 3. The highest BCUT2D eigenvalue weighted by atomic mass is 32.2. The Balaban J connectivity index is 1.65. The lowest BCUT2D eigenvalue weighted by Crippen LogP contribution is -2.27. The molecule has 0 aliphatic carbocycles. The van der Waals surface area contributed by atoms with Gasteiger partial charge < -0.3 is 5.11 Å². The SMILES string of the molecule is O=C1S/C(=C\c2cc(Cc3ccccc3)cc([N+](=O)[O-])c2O)C(=O)N1Cc1ccc(F)cc1. The van der Waals surface area contributed by atoms with E-state index >= 15 is 0 Å². The second-order valence-electron chi connectivity index (χ2n) is 7.37. The second-order valence-corrected chi connectivity index (χ2v) is 8.36. The van der Waals surface area contributed by atoms with Crippen molar-refractivity contribution in [3.8, 4) is 5.75 Å². The van der Waals surface area contributed by atoms with Gasteiger partial charge in [-0.25, -0.2) is 4.39 Å². The van der Waals surface area contributed by atoms with Crippen molar-refractivity contribution in [3.05, 3.63) is 110 Å². The third-order valence-electron chi connectivity index (χ3n) is 5.04. The van der Waals surface area contributed by atoms with E-state index in [0.717, 1.165) is 10.5 Å². The summed E-state index contributed by atoms with van der Waals surface area (Å²) >= 11 is 0.675. The lowest BCUT2D eigenvalue weighted by atomic mass is 10.0. The number of halogens is 1. The molecule has 0 atom stereocenters. The molecule has 33 heavy (non-hydrogen) atoms. The van der Waals surface area contributed by atoms with Crippen LogP contribution < -0.4 is 0 Å². The van der Waals surface area contributed by atoms with E-state index < -0.39 is 33.3 Å². The predicted octanol–water partition coefficient (Wildman–Crippen LogP) is 5.27. The van der Waals surface area contributed by atoms with Crippen molar-refractivity contribution in [2.24, 2.45) is 0 Å². The highest BCUT2D eigenvalue weighted by molar-refractivity contribution is 8.18. The molecule has 1 N–H and O–H groups in total.